The van der Waals surface area contributed by atoms with Gasteiger partial charge in [-0.2, -0.15) is 0 Å². The molecule has 6 heterocycles. The molecule has 0 radical (unpaired) electrons. The molecule has 3 aromatic heterocycles. The van der Waals surface area contributed by atoms with Gasteiger partial charge in [-0.05, 0) is 71.5 Å². The van der Waals surface area contributed by atoms with Gasteiger partial charge in [-0.1, -0.05) is 12.1 Å². The van der Waals surface area contributed by atoms with Gasteiger partial charge in [0.2, 0.25) is 0 Å². The molecule has 246 valence electrons. The summed E-state index contributed by atoms with van der Waals surface area (Å²) < 4.78 is 27.1. The van der Waals surface area contributed by atoms with E-state index in [1.165, 1.54) is 17.7 Å². The van der Waals surface area contributed by atoms with Crippen LogP contribution < -0.4 is 10.2 Å². The number of ether oxygens (including phenoxy) is 2. The molecule has 3 aliphatic rings. The van der Waals surface area contributed by atoms with E-state index in [9.17, 15) is 14.0 Å². The van der Waals surface area contributed by atoms with Gasteiger partial charge in [-0.3, -0.25) is 9.20 Å². The van der Waals surface area contributed by atoms with Crippen molar-refractivity contribution in [2.45, 2.75) is 51.2 Å². The van der Waals surface area contributed by atoms with E-state index in [1.54, 1.807) is 37.6 Å². The van der Waals surface area contributed by atoms with Crippen molar-refractivity contribution in [2.24, 2.45) is 0 Å². The average molecular weight is 642 g/mol. The number of imidazole rings is 1. The van der Waals surface area contributed by atoms with E-state index in [2.05, 4.69) is 40.3 Å². The lowest BCUT2D eigenvalue weighted by Crippen LogP contribution is -2.40. The Morgan fingerprint density at radius 1 is 1.15 bits per heavy atom. The molecule has 0 unspecified atom stereocenters. The Morgan fingerprint density at radius 3 is 2.68 bits per heavy atom. The zero-order chi connectivity index (χ0) is 33.1. The van der Waals surface area contributed by atoms with Crippen molar-refractivity contribution < 1.29 is 23.5 Å². The molecule has 0 bridgehead atoms. The number of imide groups is 1. The molecule has 2 amide bonds. The van der Waals surface area contributed by atoms with E-state index in [1.807, 2.05) is 18.2 Å². The fraction of sp³-hybridized carbons (Fsp3) is 0.429. The Balaban J connectivity index is 1.28. The van der Waals surface area contributed by atoms with Gasteiger partial charge in [0.1, 0.15) is 28.7 Å². The quantitative estimate of drug-likeness (QED) is 0.288. The lowest BCUT2D eigenvalue weighted by atomic mass is 9.76. The highest BCUT2D eigenvalue weighted by molar-refractivity contribution is 6.11. The molecule has 1 spiro atoms. The molecule has 0 atom stereocenters. The molecular weight excluding hydrogens is 601 g/mol. The number of pyridine rings is 2. The summed E-state index contributed by atoms with van der Waals surface area (Å²) in [4.78, 5) is 42.4. The summed E-state index contributed by atoms with van der Waals surface area (Å²) in [6.07, 6.45) is 4.44. The van der Waals surface area contributed by atoms with E-state index in [4.69, 9.17) is 14.5 Å². The minimum atomic E-state index is -0.781. The van der Waals surface area contributed by atoms with Crippen LogP contribution in [0.1, 0.15) is 55.1 Å². The zero-order valence-corrected chi connectivity index (χ0v) is 27.5. The Kier molecular flexibility index (Phi) is 7.67. The SMILES string of the molecule is CN(C)CCN1CC2(CCOCC2)c2ccc(Nc3ccc(-c4cnc5cc(F)ccn45)c4c3C(=O)N(C(=O)OC(C)(C)C)C4)nc21. The van der Waals surface area contributed by atoms with Gasteiger partial charge >= 0.3 is 6.09 Å². The molecule has 1 N–H and O–H groups in total. The minimum Gasteiger partial charge on any atom is -0.443 e. The number of hydrogen-bond donors (Lipinski definition) is 1. The van der Waals surface area contributed by atoms with Crippen LogP contribution in [0.15, 0.2) is 48.8 Å². The maximum absolute atomic E-state index is 14.0. The summed E-state index contributed by atoms with van der Waals surface area (Å²) in [5.74, 6) is 0.696. The van der Waals surface area contributed by atoms with Gasteiger partial charge in [-0.25, -0.2) is 24.1 Å². The van der Waals surface area contributed by atoms with Crippen molar-refractivity contribution in [1.82, 2.24) is 24.2 Å². The number of fused-ring (bicyclic) bond motifs is 4. The summed E-state index contributed by atoms with van der Waals surface area (Å²) in [6, 6.07) is 10.6. The smallest absolute Gasteiger partial charge is 0.417 e. The molecule has 4 aromatic rings. The first-order chi connectivity index (χ1) is 22.4. The largest absolute Gasteiger partial charge is 0.443 e. The first kappa shape index (κ1) is 31.1. The fourth-order valence-electron chi connectivity index (χ4n) is 6.92. The predicted molar refractivity (Wildman–Crippen MR) is 177 cm³/mol. The van der Waals surface area contributed by atoms with Gasteiger partial charge in [-0.15, -0.1) is 0 Å². The molecule has 1 aromatic carbocycles. The second-order valence-corrected chi connectivity index (χ2v) is 13.9. The maximum atomic E-state index is 14.0. The molecule has 0 saturated carbocycles. The van der Waals surface area contributed by atoms with Crippen LogP contribution >= 0.6 is 0 Å². The molecule has 47 heavy (non-hydrogen) atoms. The van der Waals surface area contributed by atoms with E-state index >= 15 is 0 Å². The molecule has 1 fully saturated rings. The molecular formula is C35H40FN7O4. The topological polar surface area (TPSA) is 105 Å². The maximum Gasteiger partial charge on any atom is 0.417 e. The number of rotatable bonds is 6. The summed E-state index contributed by atoms with van der Waals surface area (Å²) in [5.41, 5.74) is 3.83. The van der Waals surface area contributed by atoms with Crippen molar-refractivity contribution in [2.75, 3.05) is 57.2 Å². The molecule has 12 heteroatoms. The molecule has 3 aliphatic heterocycles. The number of carbonyl (C=O) groups excluding carboxylic acids is 2. The van der Waals surface area contributed by atoms with Gasteiger partial charge in [0.15, 0.2) is 0 Å². The van der Waals surface area contributed by atoms with Crippen LogP contribution in [0, 0.1) is 5.82 Å². The first-order valence-corrected chi connectivity index (χ1v) is 16.0. The Bertz CT molecular complexity index is 1880. The highest BCUT2D eigenvalue weighted by atomic mass is 19.1. The van der Waals surface area contributed by atoms with Crippen molar-refractivity contribution in [3.8, 4) is 11.3 Å². The molecule has 1 saturated heterocycles. The van der Waals surface area contributed by atoms with E-state index < -0.39 is 23.4 Å². The van der Waals surface area contributed by atoms with E-state index in [-0.39, 0.29) is 12.0 Å². The summed E-state index contributed by atoms with van der Waals surface area (Å²) >= 11 is 0. The number of nitrogens with one attached hydrogen (secondary N) is 1. The fourth-order valence-corrected chi connectivity index (χ4v) is 6.92. The Hall–Kier alpha value is -4.55. The normalized spacial score (nSPS) is 17.1. The van der Waals surface area contributed by atoms with Gasteiger partial charge in [0.25, 0.3) is 5.91 Å². The predicted octanol–water partition coefficient (Wildman–Crippen LogP) is 5.60. The number of halogens is 1. The number of likely N-dealkylation sites (N-methyl/N-ethyl adjacent to an activating group) is 1. The third-order valence-electron chi connectivity index (χ3n) is 9.22. The van der Waals surface area contributed by atoms with Crippen molar-refractivity contribution in [3.05, 3.63) is 71.3 Å². The van der Waals surface area contributed by atoms with Crippen LogP contribution in [0.25, 0.3) is 16.9 Å². The number of anilines is 3. The van der Waals surface area contributed by atoms with Crippen LogP contribution in [0.2, 0.25) is 0 Å². The van der Waals surface area contributed by atoms with Crippen LogP contribution in [-0.4, -0.2) is 88.7 Å². The highest BCUT2D eigenvalue weighted by Gasteiger charge is 2.45. The van der Waals surface area contributed by atoms with Gasteiger partial charge in [0.05, 0.1) is 29.7 Å². The third kappa shape index (κ3) is 5.69. The van der Waals surface area contributed by atoms with E-state index in [0.717, 1.165) is 56.4 Å². The van der Waals surface area contributed by atoms with Crippen molar-refractivity contribution >= 4 is 35.0 Å². The molecule has 7 rings (SSSR count). The number of benzene rings is 1. The van der Waals surface area contributed by atoms with Gasteiger partial charge in [0, 0.05) is 61.7 Å². The molecule has 0 aliphatic carbocycles. The number of nitrogens with zero attached hydrogens (tertiary/aromatic N) is 6. The number of amides is 2. The number of hydrogen-bond acceptors (Lipinski definition) is 9. The second kappa shape index (κ2) is 11.6. The summed E-state index contributed by atoms with van der Waals surface area (Å²) in [6.45, 7) is 9.41. The lowest BCUT2D eigenvalue weighted by Gasteiger charge is -2.34. The third-order valence-corrected chi connectivity index (χ3v) is 9.22. The zero-order valence-electron chi connectivity index (χ0n) is 27.5. The number of carbonyl (C=O) groups is 2. The van der Waals surface area contributed by atoms with Crippen molar-refractivity contribution in [3.63, 3.8) is 0 Å². The average Bonchev–Trinajstić information content (AvgIpc) is 3.68. The lowest BCUT2D eigenvalue weighted by molar-refractivity contribution is 0.0248. The number of aromatic nitrogens is 3. The first-order valence-electron chi connectivity index (χ1n) is 16.0. The van der Waals surface area contributed by atoms with E-state index in [0.29, 0.717) is 39.5 Å². The molecule has 11 nitrogen and oxygen atoms in total. The Morgan fingerprint density at radius 2 is 1.94 bits per heavy atom. The monoisotopic (exact) mass is 641 g/mol. The highest BCUT2D eigenvalue weighted by Crippen LogP contribution is 2.47. The summed E-state index contributed by atoms with van der Waals surface area (Å²) in [7, 11) is 4.14. The van der Waals surface area contributed by atoms with Crippen LogP contribution in [0.4, 0.5) is 26.5 Å². The summed E-state index contributed by atoms with van der Waals surface area (Å²) in [5, 5.41) is 3.42. The van der Waals surface area contributed by atoms with Crippen LogP contribution in [0.5, 0.6) is 0 Å². The second-order valence-electron chi connectivity index (χ2n) is 13.9. The van der Waals surface area contributed by atoms with Crippen molar-refractivity contribution in [1.29, 1.82) is 0 Å². The Labute approximate surface area is 273 Å². The van der Waals surface area contributed by atoms with Crippen LogP contribution in [-0.2, 0) is 21.4 Å². The minimum absolute atomic E-state index is 0.00906. The standard InChI is InChI=1S/C35H40FN7O4/c1-34(2,3)47-33(45)43-20-24-23(27-19-37-29-18-22(36)10-13-42(27)29)6-8-26(30(24)32(43)44)38-28-9-7-25-31(39-28)41(15-14-40(4)5)21-35(25)11-16-46-17-12-35/h6-10,13,18-19H,11-12,14-17,20-21H2,1-5H3,(H,38,39). The van der Waals surface area contributed by atoms with Crippen LogP contribution in [0.3, 0.4) is 0 Å². The van der Waals surface area contributed by atoms with Gasteiger partial charge < -0.3 is 24.6 Å².